The van der Waals surface area contributed by atoms with Gasteiger partial charge in [-0.05, 0) is 42.5 Å². The van der Waals surface area contributed by atoms with Crippen LogP contribution in [0, 0.1) is 11.3 Å². The number of benzene rings is 2. The second kappa shape index (κ2) is 8.45. The molecule has 0 aliphatic rings. The zero-order valence-corrected chi connectivity index (χ0v) is 14.6. The Morgan fingerprint density at radius 1 is 1.11 bits per heavy atom. The Morgan fingerprint density at radius 2 is 1.71 bits per heavy atom. The molecule has 0 atom stereocenters. The van der Waals surface area contributed by atoms with Gasteiger partial charge in [-0.25, -0.2) is 4.79 Å². The van der Waals surface area contributed by atoms with Crippen LogP contribution in [-0.4, -0.2) is 17.0 Å². The molecular weight excluding hydrogens is 399 g/mol. The number of amides is 1. The first-order chi connectivity index (χ1) is 13.1. The molecule has 144 valence electrons. The number of hydrogen-bond donors (Lipinski definition) is 3. The van der Waals surface area contributed by atoms with E-state index in [0.29, 0.717) is 0 Å². The fourth-order valence-corrected chi connectivity index (χ4v) is 2.26. The molecule has 0 heterocycles. The van der Waals surface area contributed by atoms with Gasteiger partial charge in [0, 0.05) is 17.6 Å². The molecule has 0 aromatic heterocycles. The maximum absolute atomic E-state index is 12.9. The minimum atomic E-state index is -4.66. The Bertz CT molecular complexity index is 980. The van der Waals surface area contributed by atoms with Crippen molar-refractivity contribution < 1.29 is 27.9 Å². The zero-order valence-electron chi connectivity index (χ0n) is 13.8. The molecule has 0 aliphatic heterocycles. The van der Waals surface area contributed by atoms with E-state index in [0.717, 1.165) is 18.3 Å². The van der Waals surface area contributed by atoms with Gasteiger partial charge >= 0.3 is 12.1 Å². The molecule has 0 spiro atoms. The lowest BCUT2D eigenvalue weighted by Gasteiger charge is -2.11. The van der Waals surface area contributed by atoms with Gasteiger partial charge in [0.25, 0.3) is 5.91 Å². The number of nitriles is 1. The lowest BCUT2D eigenvalue weighted by Crippen LogP contribution is -2.14. The van der Waals surface area contributed by atoms with Crippen LogP contribution < -0.4 is 10.6 Å². The number of rotatable bonds is 5. The molecule has 3 N–H and O–H groups in total. The Morgan fingerprint density at radius 3 is 2.25 bits per heavy atom. The average molecular weight is 410 g/mol. The highest BCUT2D eigenvalue weighted by Gasteiger charge is 2.33. The Balaban J connectivity index is 2.14. The predicted molar refractivity (Wildman–Crippen MR) is 95.8 cm³/mol. The summed E-state index contributed by atoms with van der Waals surface area (Å²) in [6, 6.07) is 9.85. The molecule has 0 bridgehead atoms. The number of aromatic carboxylic acids is 1. The first-order valence-electron chi connectivity index (χ1n) is 7.50. The van der Waals surface area contributed by atoms with Crippen molar-refractivity contribution in [2.75, 3.05) is 10.6 Å². The van der Waals surface area contributed by atoms with Crippen molar-refractivity contribution in [2.45, 2.75) is 6.18 Å². The highest BCUT2D eigenvalue weighted by atomic mass is 35.5. The van der Waals surface area contributed by atoms with Gasteiger partial charge in [-0.2, -0.15) is 18.4 Å². The Kier molecular flexibility index (Phi) is 6.28. The number of hydrogen-bond acceptors (Lipinski definition) is 4. The van der Waals surface area contributed by atoms with Gasteiger partial charge in [0.15, 0.2) is 0 Å². The lowest BCUT2D eigenvalue weighted by atomic mass is 10.2. The number of carboxylic acids is 1. The lowest BCUT2D eigenvalue weighted by molar-refractivity contribution is -0.137. The van der Waals surface area contributed by atoms with Gasteiger partial charge in [-0.1, -0.05) is 11.6 Å². The van der Waals surface area contributed by atoms with Crippen LogP contribution in [0.5, 0.6) is 0 Å². The zero-order chi connectivity index (χ0) is 20.9. The molecule has 0 saturated carbocycles. The number of alkyl halides is 3. The third-order valence-electron chi connectivity index (χ3n) is 3.41. The van der Waals surface area contributed by atoms with Gasteiger partial charge in [0.05, 0.1) is 16.1 Å². The Hall–Kier alpha value is -3.51. The first kappa shape index (κ1) is 20.8. The summed E-state index contributed by atoms with van der Waals surface area (Å²) in [5.41, 5.74) is -1.25. The minimum Gasteiger partial charge on any atom is -0.478 e. The van der Waals surface area contributed by atoms with Crippen LogP contribution in [0.3, 0.4) is 0 Å². The van der Waals surface area contributed by atoms with Crippen molar-refractivity contribution in [3.8, 4) is 6.07 Å². The van der Waals surface area contributed by atoms with E-state index in [1.807, 2.05) is 0 Å². The normalized spacial score (nSPS) is 11.5. The number of nitrogens with one attached hydrogen (secondary N) is 2. The van der Waals surface area contributed by atoms with Crippen LogP contribution in [0.2, 0.25) is 5.02 Å². The fourth-order valence-electron chi connectivity index (χ4n) is 2.03. The molecule has 6 nitrogen and oxygen atoms in total. The highest BCUT2D eigenvalue weighted by molar-refractivity contribution is 6.31. The monoisotopic (exact) mass is 409 g/mol. The molecule has 2 aromatic carbocycles. The largest absolute Gasteiger partial charge is 0.478 e. The molecule has 0 fully saturated rings. The second-order valence-corrected chi connectivity index (χ2v) is 5.75. The molecule has 28 heavy (non-hydrogen) atoms. The summed E-state index contributed by atoms with van der Waals surface area (Å²) >= 11 is 5.53. The molecule has 0 radical (unpaired) electrons. The van der Waals surface area contributed by atoms with E-state index >= 15 is 0 Å². The van der Waals surface area contributed by atoms with E-state index in [2.05, 4.69) is 10.6 Å². The summed E-state index contributed by atoms with van der Waals surface area (Å²) in [5, 5.41) is 22.3. The molecule has 2 aromatic rings. The summed E-state index contributed by atoms with van der Waals surface area (Å²) in [6.07, 6.45) is -3.71. The van der Waals surface area contributed by atoms with Crippen LogP contribution >= 0.6 is 11.6 Å². The topological polar surface area (TPSA) is 102 Å². The fraction of sp³-hybridized carbons (Fsp3) is 0.0556. The molecule has 0 aliphatic carbocycles. The third-order valence-corrected chi connectivity index (χ3v) is 3.74. The van der Waals surface area contributed by atoms with Crippen LogP contribution in [0.1, 0.15) is 15.9 Å². The first-order valence-corrected chi connectivity index (χ1v) is 7.88. The standard InChI is InChI=1S/C18H11ClF3N3O3/c19-15-6-5-13(7-14(15)18(20,21)22)24-9-11(8-23)16(26)25-12-3-1-10(2-4-12)17(27)28/h1-7,9,24H,(H,25,26)(H,27,28)/b11-9-. The van der Waals surface area contributed by atoms with E-state index in [-0.39, 0.29) is 16.9 Å². The summed E-state index contributed by atoms with van der Waals surface area (Å²) in [6.45, 7) is 0. The molecule has 0 saturated heterocycles. The van der Waals surface area contributed by atoms with Gasteiger partial charge in [0.2, 0.25) is 0 Å². The average Bonchev–Trinajstić information content (AvgIpc) is 2.63. The van der Waals surface area contributed by atoms with Crippen LogP contribution in [0.25, 0.3) is 0 Å². The van der Waals surface area contributed by atoms with Gasteiger partial charge < -0.3 is 15.7 Å². The molecular formula is C18H11ClF3N3O3. The van der Waals surface area contributed by atoms with Crippen molar-refractivity contribution >= 4 is 34.9 Å². The second-order valence-electron chi connectivity index (χ2n) is 5.34. The van der Waals surface area contributed by atoms with Gasteiger partial charge in [-0.15, -0.1) is 0 Å². The van der Waals surface area contributed by atoms with Crippen molar-refractivity contribution in [1.29, 1.82) is 5.26 Å². The number of carboxylic acid groups (broad SMARTS) is 1. The van der Waals surface area contributed by atoms with E-state index in [9.17, 15) is 22.8 Å². The number of halogens is 4. The third kappa shape index (κ3) is 5.25. The molecule has 1 amide bonds. The summed E-state index contributed by atoms with van der Waals surface area (Å²) in [5.74, 6) is -1.97. The summed E-state index contributed by atoms with van der Waals surface area (Å²) in [7, 11) is 0. The number of anilines is 2. The van der Waals surface area contributed by atoms with Crippen molar-refractivity contribution in [3.05, 3.63) is 70.4 Å². The number of carbonyl (C=O) groups is 2. The van der Waals surface area contributed by atoms with Crippen molar-refractivity contribution in [3.63, 3.8) is 0 Å². The molecule has 2 rings (SSSR count). The van der Waals surface area contributed by atoms with Crippen LogP contribution in [0.15, 0.2) is 54.2 Å². The van der Waals surface area contributed by atoms with Crippen LogP contribution in [-0.2, 0) is 11.0 Å². The molecule has 0 unspecified atom stereocenters. The predicted octanol–water partition coefficient (Wildman–Crippen LogP) is 4.52. The number of carbonyl (C=O) groups excluding carboxylic acids is 1. The quantitative estimate of drug-likeness (QED) is 0.498. The Labute approximate surface area is 161 Å². The van der Waals surface area contributed by atoms with Crippen molar-refractivity contribution in [1.82, 2.24) is 0 Å². The van der Waals surface area contributed by atoms with Gasteiger partial charge in [-0.3, -0.25) is 4.79 Å². The van der Waals surface area contributed by atoms with E-state index in [4.69, 9.17) is 22.0 Å². The van der Waals surface area contributed by atoms with Crippen LogP contribution in [0.4, 0.5) is 24.5 Å². The summed E-state index contributed by atoms with van der Waals surface area (Å²) < 4.78 is 38.6. The highest BCUT2D eigenvalue weighted by Crippen LogP contribution is 2.36. The smallest absolute Gasteiger partial charge is 0.417 e. The van der Waals surface area contributed by atoms with E-state index in [1.165, 1.54) is 30.3 Å². The molecule has 10 heteroatoms. The summed E-state index contributed by atoms with van der Waals surface area (Å²) in [4.78, 5) is 22.9. The van der Waals surface area contributed by atoms with Gasteiger partial charge in [0.1, 0.15) is 11.6 Å². The number of nitrogens with zero attached hydrogens (tertiary/aromatic N) is 1. The maximum Gasteiger partial charge on any atom is 0.417 e. The minimum absolute atomic E-state index is 0.0129. The van der Waals surface area contributed by atoms with E-state index in [1.54, 1.807) is 6.07 Å². The maximum atomic E-state index is 12.9. The SMILES string of the molecule is N#C/C(=C/Nc1ccc(Cl)c(C(F)(F)F)c1)C(=O)Nc1ccc(C(=O)O)cc1. The van der Waals surface area contributed by atoms with E-state index < -0.39 is 34.2 Å². The van der Waals surface area contributed by atoms with Crippen molar-refractivity contribution in [2.24, 2.45) is 0 Å².